The van der Waals surface area contributed by atoms with Gasteiger partial charge in [-0.1, -0.05) is 55.0 Å². The van der Waals surface area contributed by atoms with Crippen molar-refractivity contribution in [2.24, 2.45) is 27.5 Å². The molecule has 23 heteroatoms. The highest BCUT2D eigenvalue weighted by Gasteiger charge is 2.46. The van der Waals surface area contributed by atoms with Gasteiger partial charge in [-0.2, -0.15) is 16.9 Å². The summed E-state index contributed by atoms with van der Waals surface area (Å²) in [5.41, 5.74) is 15.8. The van der Waals surface area contributed by atoms with E-state index in [0.29, 0.717) is 162 Å². The Morgan fingerprint density at radius 1 is 0.780 bits per heavy atom. The van der Waals surface area contributed by atoms with E-state index in [0.717, 1.165) is 24.2 Å². The van der Waals surface area contributed by atoms with Crippen LogP contribution in [0.4, 0.5) is 16.2 Å². The molecule has 0 radical (unpaired) electrons. The number of hydrogen-bond donors (Lipinski definition) is 8. The van der Waals surface area contributed by atoms with Crippen LogP contribution in [0, 0.1) is 0 Å². The van der Waals surface area contributed by atoms with Gasteiger partial charge in [0.05, 0.1) is 57.5 Å². The van der Waals surface area contributed by atoms with Crippen molar-refractivity contribution in [2.45, 2.75) is 87.6 Å². The lowest BCUT2D eigenvalue weighted by Crippen LogP contribution is -2.47. The summed E-state index contributed by atoms with van der Waals surface area (Å²) in [7, 11) is 3.39. The molecule has 0 aromatic heterocycles. The number of benzene rings is 4. The van der Waals surface area contributed by atoms with Gasteiger partial charge in [-0.05, 0) is 112 Å². The zero-order valence-electron chi connectivity index (χ0n) is 47.0. The van der Waals surface area contributed by atoms with E-state index in [-0.39, 0.29) is 47.4 Å². The van der Waals surface area contributed by atoms with Crippen LogP contribution in [-0.4, -0.2) is 154 Å². The molecular formula is C59H80N12O10S. The molecule has 2 unspecified atom stereocenters. The van der Waals surface area contributed by atoms with Gasteiger partial charge in [-0.3, -0.25) is 24.0 Å². The molecule has 0 saturated carbocycles. The summed E-state index contributed by atoms with van der Waals surface area (Å²) in [6, 6.07) is 27.2. The second-order valence-corrected chi connectivity index (χ2v) is 21.1. The number of amides is 6. The Kier molecular flexibility index (Phi) is 27.0. The number of fused-ring (bicyclic) bond motifs is 1. The lowest BCUT2D eigenvalue weighted by atomic mass is 10.0. The van der Waals surface area contributed by atoms with Crippen LogP contribution in [-0.2, 0) is 30.2 Å². The predicted molar refractivity (Wildman–Crippen MR) is 315 cm³/mol. The number of carbonyl (C=O) groups excluding carboxylic acids is 6. The number of thioether (sulfide) groups is 1. The summed E-state index contributed by atoms with van der Waals surface area (Å²) >= 11 is 1.87. The van der Waals surface area contributed by atoms with Crippen LogP contribution >= 0.6 is 11.8 Å². The third-order valence-electron chi connectivity index (χ3n) is 13.7. The molecule has 2 aliphatic rings. The number of urea groups is 1. The maximum absolute atomic E-state index is 13.6. The van der Waals surface area contributed by atoms with Crippen molar-refractivity contribution in [2.75, 3.05) is 85.7 Å². The van der Waals surface area contributed by atoms with Crippen LogP contribution in [0.2, 0.25) is 0 Å². The molecule has 6 rings (SSSR count). The molecule has 22 nitrogen and oxygen atoms in total. The van der Waals surface area contributed by atoms with Gasteiger partial charge in [0.2, 0.25) is 11.8 Å². The first kappa shape index (κ1) is 63.8. The van der Waals surface area contributed by atoms with E-state index in [2.05, 4.69) is 36.8 Å². The van der Waals surface area contributed by atoms with Crippen molar-refractivity contribution >= 4 is 58.6 Å². The summed E-state index contributed by atoms with van der Waals surface area (Å²) in [4.78, 5) is 78.8. The number of unbranched alkanes of at least 4 members (excludes halogenated alkanes) is 2. The number of likely N-dealkylation sites (N-methyl/N-ethyl adjacent to an activating group) is 1. The highest BCUT2D eigenvalue weighted by molar-refractivity contribution is 8.00. The van der Waals surface area contributed by atoms with Gasteiger partial charge >= 0.3 is 6.03 Å². The van der Waals surface area contributed by atoms with Crippen molar-refractivity contribution < 1.29 is 47.7 Å². The lowest BCUT2D eigenvalue weighted by molar-refractivity contribution is -0.123. The van der Waals surface area contributed by atoms with Gasteiger partial charge in [0.15, 0.2) is 5.78 Å². The SMILES string of the molecule is COc1ccc(CCN)cc1/N=N/c1ccc(C(=O)N[C@@H](CCCCN(N)/C=C(\N)NC(=O)CCCC[C@H]2SCC3C2NC(=O)N3C)C(=O)NCCCOCCOCCOCCCNC(=O)c2ccc(C(=O)c3ccccc3)cc2)cc1. The molecule has 2 saturated heterocycles. The van der Waals surface area contributed by atoms with E-state index in [9.17, 15) is 28.8 Å². The van der Waals surface area contributed by atoms with Crippen molar-refractivity contribution in [3.8, 4) is 5.75 Å². The standard InChI is InChI=1S/C59H80N12O10S/c1-70-49-40-82-51(54(49)67-59(70)77)15-6-7-16-53(72)66-52(61)39-71(62)31-9-8-14-47(65-57(75)45-22-24-46(25-23-45)68-69-48-38-41(27-28-60)17-26-50(48)78-2)58(76)64-30-11-33-80-35-37-81-36-34-79-32-10-29-63-56(74)44-20-18-43(19-21-44)55(73)42-12-4-3-5-13-42/h3-5,12-13,17-26,38-39,47,49,51,54H,6-11,14-16,27-37,40,60-62H2,1-2H3,(H,63,74)(H,64,76)(H,65,75)(H,66,72)(H,67,77)/b52-39+,69-68+/t47-,49?,51+,54?/m0/s1. The number of nitrogens with one attached hydrogen (secondary N) is 5. The maximum Gasteiger partial charge on any atom is 0.317 e. The van der Waals surface area contributed by atoms with Gasteiger partial charge in [-0.15, -0.1) is 5.11 Å². The van der Waals surface area contributed by atoms with Gasteiger partial charge in [0.25, 0.3) is 11.8 Å². The van der Waals surface area contributed by atoms with E-state index in [1.54, 1.807) is 72.7 Å². The van der Waals surface area contributed by atoms with Gasteiger partial charge < -0.3 is 66.9 Å². The third-order valence-corrected chi connectivity index (χ3v) is 15.2. The Morgan fingerprint density at radius 3 is 2.12 bits per heavy atom. The molecular weight excluding hydrogens is 1070 g/mol. The number of nitrogens with two attached hydrogens (primary N) is 3. The molecule has 0 bridgehead atoms. The van der Waals surface area contributed by atoms with Crippen LogP contribution in [0.5, 0.6) is 5.75 Å². The Balaban J connectivity index is 0.861. The van der Waals surface area contributed by atoms with Crippen molar-refractivity contribution in [1.29, 1.82) is 0 Å². The lowest BCUT2D eigenvalue weighted by Gasteiger charge is -2.20. The molecule has 2 aliphatic heterocycles. The van der Waals surface area contributed by atoms with E-state index in [1.165, 1.54) is 11.2 Å². The Hall–Kier alpha value is -7.41. The largest absolute Gasteiger partial charge is 0.494 e. The monoisotopic (exact) mass is 1150 g/mol. The second kappa shape index (κ2) is 34.8. The summed E-state index contributed by atoms with van der Waals surface area (Å²) in [5, 5.41) is 24.9. The number of hydrogen-bond acceptors (Lipinski definition) is 17. The molecule has 4 aromatic carbocycles. The summed E-state index contributed by atoms with van der Waals surface area (Å²) < 4.78 is 22.4. The van der Waals surface area contributed by atoms with Crippen LogP contribution in [0.25, 0.3) is 0 Å². The number of nitrogens with zero attached hydrogens (tertiary/aromatic N) is 4. The maximum atomic E-state index is 13.6. The minimum Gasteiger partial charge on any atom is -0.494 e. The number of azo groups is 1. The fraction of sp³-hybridized carbons (Fsp3) is 0.458. The Morgan fingerprint density at radius 2 is 1.43 bits per heavy atom. The average Bonchev–Trinajstić information content (AvgIpc) is 4.16. The molecule has 0 spiro atoms. The topological polar surface area (TPSA) is 309 Å². The molecule has 4 aromatic rings. The first-order chi connectivity index (χ1) is 39.8. The van der Waals surface area contributed by atoms with Crippen LogP contribution < -0.4 is 48.6 Å². The quantitative estimate of drug-likeness (QED) is 0.00680. The Bertz CT molecular complexity index is 2740. The smallest absolute Gasteiger partial charge is 0.317 e. The van der Waals surface area contributed by atoms with E-state index >= 15 is 0 Å². The fourth-order valence-electron chi connectivity index (χ4n) is 9.15. The Labute approximate surface area is 484 Å². The van der Waals surface area contributed by atoms with Crippen LogP contribution in [0.15, 0.2) is 119 Å². The fourth-order valence-corrected chi connectivity index (χ4v) is 10.8. The molecule has 0 aliphatic carbocycles. The normalized spacial score (nSPS) is 16.1. The number of carbonyl (C=O) groups is 6. The number of ether oxygens (including phenoxy) is 4. The van der Waals surface area contributed by atoms with Crippen molar-refractivity contribution in [3.05, 3.63) is 137 Å². The van der Waals surface area contributed by atoms with Gasteiger partial charge in [0, 0.05) is 79.6 Å². The zero-order chi connectivity index (χ0) is 58.5. The summed E-state index contributed by atoms with van der Waals surface area (Å²) in [6.07, 6.45) is 7.40. The molecule has 4 atom stereocenters. The number of hydrazine groups is 1. The molecule has 442 valence electrons. The first-order valence-electron chi connectivity index (χ1n) is 28.0. The molecule has 82 heavy (non-hydrogen) atoms. The van der Waals surface area contributed by atoms with E-state index in [4.69, 9.17) is 36.3 Å². The van der Waals surface area contributed by atoms with Gasteiger partial charge in [-0.25, -0.2) is 10.6 Å². The number of methoxy groups -OCH3 is 1. The number of rotatable bonds is 37. The average molecular weight is 1150 g/mol. The van der Waals surface area contributed by atoms with Gasteiger partial charge in [0.1, 0.15) is 23.3 Å². The minimum atomic E-state index is -0.865. The highest BCUT2D eigenvalue weighted by Crippen LogP contribution is 2.36. The second-order valence-electron chi connectivity index (χ2n) is 19.8. The minimum absolute atomic E-state index is 0.0270. The molecule has 11 N–H and O–H groups in total. The van der Waals surface area contributed by atoms with Crippen LogP contribution in [0.3, 0.4) is 0 Å². The molecule has 2 heterocycles. The summed E-state index contributed by atoms with van der Waals surface area (Å²) in [5.74, 6) is 6.48. The summed E-state index contributed by atoms with van der Waals surface area (Å²) in [6.45, 7) is 3.88. The predicted octanol–water partition coefficient (Wildman–Crippen LogP) is 5.61. The first-order valence-corrected chi connectivity index (χ1v) is 29.0. The van der Waals surface area contributed by atoms with Crippen LogP contribution in [0.1, 0.15) is 100.0 Å². The van der Waals surface area contributed by atoms with E-state index in [1.807, 2.05) is 55.2 Å². The van der Waals surface area contributed by atoms with Crippen molar-refractivity contribution in [3.63, 3.8) is 0 Å². The van der Waals surface area contributed by atoms with E-state index < -0.39 is 11.9 Å². The molecule has 2 fully saturated rings. The third kappa shape index (κ3) is 21.2. The van der Waals surface area contributed by atoms with Crippen molar-refractivity contribution in [1.82, 2.24) is 36.5 Å². The zero-order valence-corrected chi connectivity index (χ0v) is 47.8. The number of ketones is 1. The highest BCUT2D eigenvalue weighted by atomic mass is 32.2. The molecule has 6 amide bonds.